The van der Waals surface area contributed by atoms with Crippen molar-refractivity contribution in [1.29, 1.82) is 0 Å². The molecule has 0 atom stereocenters. The molecule has 0 bridgehead atoms. The van der Waals surface area contributed by atoms with Gasteiger partial charge in [0, 0.05) is 25.1 Å². The van der Waals surface area contributed by atoms with Gasteiger partial charge in [0.15, 0.2) is 0 Å². The number of anilines is 2. The Balaban J connectivity index is 3.25. The number of carbonyl (C=O) groups excluding carboxylic acids is 1. The van der Waals surface area contributed by atoms with Gasteiger partial charge in [-0.25, -0.2) is 15.8 Å². The van der Waals surface area contributed by atoms with E-state index >= 15 is 0 Å². The van der Waals surface area contributed by atoms with Gasteiger partial charge in [0.05, 0.1) is 6.54 Å². The van der Waals surface area contributed by atoms with Gasteiger partial charge in [0.25, 0.3) is 0 Å². The summed E-state index contributed by atoms with van der Waals surface area (Å²) in [6, 6.07) is 0. The molecular weight excluding hydrogens is 256 g/mol. The van der Waals surface area contributed by atoms with E-state index in [1.165, 1.54) is 0 Å². The molecule has 112 valence electrons. The summed E-state index contributed by atoms with van der Waals surface area (Å²) in [5.41, 5.74) is 3.43. The second kappa shape index (κ2) is 7.04. The van der Waals surface area contributed by atoms with E-state index in [1.54, 1.807) is 7.05 Å². The Kier molecular flexibility index (Phi) is 5.69. The number of nitrogen functional groups attached to an aromatic ring is 1. The molecule has 7 nitrogen and oxygen atoms in total. The minimum absolute atomic E-state index is 0.0572. The molecule has 1 rings (SSSR count). The third-order valence-electron chi connectivity index (χ3n) is 3.09. The molecule has 0 unspecified atom stereocenters. The standard InChI is InChI=1S/C13H24N6O/c1-6-19(7-10(20)15-5)13-9(4)12(18-14)16-11(17-13)8(2)3/h8H,6-7,14H2,1-5H3,(H,15,20)(H,16,17,18). The first-order valence-corrected chi connectivity index (χ1v) is 6.75. The number of nitrogens with two attached hydrogens (primary N) is 1. The lowest BCUT2D eigenvalue weighted by molar-refractivity contribution is -0.119. The maximum atomic E-state index is 11.6. The van der Waals surface area contributed by atoms with Crippen molar-refractivity contribution < 1.29 is 4.79 Å². The number of hydrogen-bond donors (Lipinski definition) is 3. The highest BCUT2D eigenvalue weighted by molar-refractivity contribution is 5.81. The van der Waals surface area contributed by atoms with Crippen LogP contribution in [0.2, 0.25) is 0 Å². The Hall–Kier alpha value is -1.89. The molecule has 0 aliphatic rings. The van der Waals surface area contributed by atoms with Crippen molar-refractivity contribution in [1.82, 2.24) is 15.3 Å². The van der Waals surface area contributed by atoms with Gasteiger partial charge in [-0.05, 0) is 13.8 Å². The summed E-state index contributed by atoms with van der Waals surface area (Å²) in [5, 5.41) is 2.62. The average molecular weight is 280 g/mol. The van der Waals surface area contributed by atoms with Crippen LogP contribution in [0.4, 0.5) is 11.6 Å². The van der Waals surface area contributed by atoms with E-state index < -0.39 is 0 Å². The normalized spacial score (nSPS) is 10.6. The quantitative estimate of drug-likeness (QED) is 0.526. The Bertz CT molecular complexity index is 474. The molecule has 0 saturated heterocycles. The first kappa shape index (κ1) is 16.2. The monoisotopic (exact) mass is 280 g/mol. The van der Waals surface area contributed by atoms with Crippen LogP contribution in [0, 0.1) is 6.92 Å². The Morgan fingerprint density at radius 3 is 2.50 bits per heavy atom. The summed E-state index contributed by atoms with van der Waals surface area (Å²) in [6.45, 7) is 8.84. The summed E-state index contributed by atoms with van der Waals surface area (Å²) in [6.07, 6.45) is 0. The maximum absolute atomic E-state index is 11.6. The molecule has 0 aliphatic heterocycles. The minimum atomic E-state index is -0.0572. The van der Waals surface area contributed by atoms with Crippen LogP contribution in [0.5, 0.6) is 0 Å². The zero-order valence-corrected chi connectivity index (χ0v) is 12.8. The maximum Gasteiger partial charge on any atom is 0.239 e. The topological polar surface area (TPSA) is 96.2 Å². The molecule has 1 amide bonds. The lowest BCUT2D eigenvalue weighted by atomic mass is 10.2. The van der Waals surface area contributed by atoms with Crippen LogP contribution in [0.25, 0.3) is 0 Å². The van der Waals surface area contributed by atoms with Gasteiger partial charge in [-0.15, -0.1) is 0 Å². The zero-order valence-electron chi connectivity index (χ0n) is 12.8. The fraction of sp³-hybridized carbons (Fsp3) is 0.615. The third kappa shape index (κ3) is 3.57. The Morgan fingerprint density at radius 1 is 1.40 bits per heavy atom. The molecule has 4 N–H and O–H groups in total. The number of likely N-dealkylation sites (N-methyl/N-ethyl adjacent to an activating group) is 2. The second-order valence-corrected chi connectivity index (χ2v) is 4.87. The van der Waals surface area contributed by atoms with Crippen molar-refractivity contribution in [3.63, 3.8) is 0 Å². The highest BCUT2D eigenvalue weighted by Gasteiger charge is 2.18. The van der Waals surface area contributed by atoms with Gasteiger partial charge < -0.3 is 15.6 Å². The number of hydrogen-bond acceptors (Lipinski definition) is 6. The summed E-state index contributed by atoms with van der Waals surface area (Å²) in [7, 11) is 1.62. The summed E-state index contributed by atoms with van der Waals surface area (Å²) >= 11 is 0. The first-order valence-electron chi connectivity index (χ1n) is 6.75. The second-order valence-electron chi connectivity index (χ2n) is 4.87. The van der Waals surface area contributed by atoms with Crippen LogP contribution in [0.15, 0.2) is 0 Å². The van der Waals surface area contributed by atoms with Gasteiger partial charge in [0.2, 0.25) is 5.91 Å². The number of amides is 1. The molecule has 1 aromatic heterocycles. The van der Waals surface area contributed by atoms with Crippen LogP contribution >= 0.6 is 0 Å². The van der Waals surface area contributed by atoms with E-state index in [2.05, 4.69) is 20.7 Å². The van der Waals surface area contributed by atoms with Crippen LogP contribution in [0.3, 0.4) is 0 Å². The third-order valence-corrected chi connectivity index (χ3v) is 3.09. The molecule has 0 saturated carbocycles. The molecule has 7 heteroatoms. The van der Waals surface area contributed by atoms with E-state index in [1.807, 2.05) is 32.6 Å². The van der Waals surface area contributed by atoms with Gasteiger partial charge in [-0.2, -0.15) is 0 Å². The molecule has 20 heavy (non-hydrogen) atoms. The van der Waals surface area contributed by atoms with Crippen LogP contribution < -0.4 is 21.5 Å². The van der Waals surface area contributed by atoms with E-state index in [0.717, 1.165) is 11.4 Å². The highest BCUT2D eigenvalue weighted by atomic mass is 16.1. The molecule has 0 aromatic carbocycles. The number of nitrogens with one attached hydrogen (secondary N) is 2. The van der Waals surface area contributed by atoms with Crippen molar-refractivity contribution in [2.75, 3.05) is 30.5 Å². The number of carbonyl (C=O) groups is 1. The molecule has 0 aliphatic carbocycles. The predicted molar refractivity (Wildman–Crippen MR) is 80.6 cm³/mol. The lowest BCUT2D eigenvalue weighted by Crippen LogP contribution is -2.36. The number of rotatable bonds is 6. The van der Waals surface area contributed by atoms with Crippen LogP contribution in [-0.4, -0.2) is 36.0 Å². The van der Waals surface area contributed by atoms with Gasteiger partial charge in [-0.1, -0.05) is 13.8 Å². The Labute approximate surface area is 119 Å². The predicted octanol–water partition coefficient (Wildman–Crippen LogP) is 0.766. The smallest absolute Gasteiger partial charge is 0.239 e. The number of hydrazine groups is 1. The van der Waals surface area contributed by atoms with Crippen molar-refractivity contribution in [3.8, 4) is 0 Å². The van der Waals surface area contributed by atoms with E-state index in [4.69, 9.17) is 5.84 Å². The summed E-state index contributed by atoms with van der Waals surface area (Å²) in [5.74, 6) is 7.68. The van der Waals surface area contributed by atoms with E-state index in [9.17, 15) is 4.79 Å². The van der Waals surface area contributed by atoms with Gasteiger partial charge >= 0.3 is 0 Å². The zero-order chi connectivity index (χ0) is 15.3. The summed E-state index contributed by atoms with van der Waals surface area (Å²) < 4.78 is 0. The van der Waals surface area contributed by atoms with E-state index in [-0.39, 0.29) is 18.4 Å². The molecule has 0 spiro atoms. The molecule has 1 heterocycles. The molecule has 1 aromatic rings. The minimum Gasteiger partial charge on any atom is -0.358 e. The number of nitrogens with zero attached hydrogens (tertiary/aromatic N) is 3. The molecule has 0 radical (unpaired) electrons. The van der Waals surface area contributed by atoms with Gasteiger partial charge in [0.1, 0.15) is 17.5 Å². The average Bonchev–Trinajstić information content (AvgIpc) is 2.44. The van der Waals surface area contributed by atoms with Crippen LogP contribution in [-0.2, 0) is 4.79 Å². The summed E-state index contributed by atoms with van der Waals surface area (Å²) in [4.78, 5) is 22.5. The van der Waals surface area contributed by atoms with E-state index in [0.29, 0.717) is 18.2 Å². The van der Waals surface area contributed by atoms with Crippen molar-refractivity contribution >= 4 is 17.5 Å². The van der Waals surface area contributed by atoms with Crippen molar-refractivity contribution in [2.24, 2.45) is 5.84 Å². The Morgan fingerprint density at radius 2 is 2.05 bits per heavy atom. The highest BCUT2D eigenvalue weighted by Crippen LogP contribution is 2.25. The fourth-order valence-electron chi connectivity index (χ4n) is 1.82. The fourth-order valence-corrected chi connectivity index (χ4v) is 1.82. The van der Waals surface area contributed by atoms with Gasteiger partial charge in [-0.3, -0.25) is 4.79 Å². The van der Waals surface area contributed by atoms with Crippen molar-refractivity contribution in [3.05, 3.63) is 11.4 Å². The largest absolute Gasteiger partial charge is 0.358 e. The SMILES string of the molecule is CCN(CC(=O)NC)c1nc(C(C)C)nc(NN)c1C. The van der Waals surface area contributed by atoms with Crippen molar-refractivity contribution in [2.45, 2.75) is 33.6 Å². The lowest BCUT2D eigenvalue weighted by Gasteiger charge is -2.24. The molecular formula is C13H24N6O. The molecule has 0 fully saturated rings. The first-order chi connectivity index (χ1) is 9.44. The van der Waals surface area contributed by atoms with Crippen LogP contribution in [0.1, 0.15) is 38.1 Å². The number of aromatic nitrogens is 2.